The zero-order valence-corrected chi connectivity index (χ0v) is 17.7. The van der Waals surface area contributed by atoms with Crippen LogP contribution in [0.5, 0.6) is 0 Å². The lowest BCUT2D eigenvalue weighted by molar-refractivity contribution is 0.190. The van der Waals surface area contributed by atoms with E-state index in [0.29, 0.717) is 0 Å². The van der Waals surface area contributed by atoms with Gasteiger partial charge in [0.15, 0.2) is 0 Å². The Labute approximate surface area is 171 Å². The molecule has 0 amide bonds. The van der Waals surface area contributed by atoms with Crippen molar-refractivity contribution >= 4 is 0 Å². The molecular formula is C24H36N4. The molecule has 28 heavy (non-hydrogen) atoms. The van der Waals surface area contributed by atoms with Gasteiger partial charge in [-0.05, 0) is 77.4 Å². The van der Waals surface area contributed by atoms with Crippen molar-refractivity contribution in [3.63, 3.8) is 0 Å². The van der Waals surface area contributed by atoms with Crippen molar-refractivity contribution in [2.45, 2.75) is 12.8 Å². The van der Waals surface area contributed by atoms with E-state index in [1.807, 2.05) is 12.2 Å². The molecule has 0 radical (unpaired) electrons. The second-order valence-corrected chi connectivity index (χ2v) is 8.26. The number of hydrogen-bond acceptors (Lipinski definition) is 4. The van der Waals surface area contributed by atoms with E-state index in [9.17, 15) is 0 Å². The predicted molar refractivity (Wildman–Crippen MR) is 119 cm³/mol. The van der Waals surface area contributed by atoms with Gasteiger partial charge in [-0.15, -0.1) is 11.5 Å². The highest BCUT2D eigenvalue weighted by Gasteiger charge is 2.13. The molecule has 4 nitrogen and oxygen atoms in total. The molecule has 1 saturated heterocycles. The molecule has 0 aromatic carbocycles. The number of nitrogens with zero attached hydrogens (tertiary/aromatic N) is 4. The number of allylic oxidation sites excluding steroid dienone is 2. The van der Waals surface area contributed by atoms with Crippen molar-refractivity contribution in [2.75, 3.05) is 79.5 Å². The molecule has 0 N–H and O–H groups in total. The highest BCUT2D eigenvalue weighted by atomic mass is 15.2. The van der Waals surface area contributed by atoms with Gasteiger partial charge in [0.2, 0.25) is 0 Å². The Balaban J connectivity index is 1.53. The molecule has 4 heteroatoms. The molecule has 0 spiro atoms. The highest BCUT2D eigenvalue weighted by molar-refractivity contribution is 5.30. The molecule has 1 heterocycles. The fourth-order valence-electron chi connectivity index (χ4n) is 3.93. The summed E-state index contributed by atoms with van der Waals surface area (Å²) >= 11 is 0. The Morgan fingerprint density at radius 1 is 0.643 bits per heavy atom. The van der Waals surface area contributed by atoms with Crippen LogP contribution in [0, 0.1) is 0 Å². The van der Waals surface area contributed by atoms with E-state index in [4.69, 9.17) is 0 Å². The Morgan fingerprint density at radius 3 is 1.50 bits per heavy atom. The van der Waals surface area contributed by atoms with E-state index in [2.05, 4.69) is 69.5 Å². The number of hydrogen-bond donors (Lipinski definition) is 0. The van der Waals surface area contributed by atoms with Gasteiger partial charge in [0.1, 0.15) is 0 Å². The molecule has 0 saturated carbocycles. The predicted octanol–water partition coefficient (Wildman–Crippen LogP) is 2.55. The minimum absolute atomic E-state index is 1.02. The van der Waals surface area contributed by atoms with E-state index >= 15 is 0 Å². The minimum Gasteiger partial charge on any atom is -0.305 e. The van der Waals surface area contributed by atoms with Gasteiger partial charge in [-0.25, -0.2) is 0 Å². The summed E-state index contributed by atoms with van der Waals surface area (Å²) in [5.41, 5.74) is 9.35. The summed E-state index contributed by atoms with van der Waals surface area (Å²) in [6, 6.07) is 0. The molecule has 0 aromatic rings. The van der Waals surface area contributed by atoms with Gasteiger partial charge in [0, 0.05) is 50.4 Å². The van der Waals surface area contributed by atoms with Crippen molar-refractivity contribution in [1.29, 1.82) is 0 Å². The van der Waals surface area contributed by atoms with E-state index in [-0.39, 0.29) is 0 Å². The second-order valence-electron chi connectivity index (χ2n) is 8.26. The molecule has 0 bridgehead atoms. The van der Waals surface area contributed by atoms with Crippen molar-refractivity contribution in [3.05, 3.63) is 59.1 Å². The first-order valence-electron chi connectivity index (χ1n) is 10.8. The van der Waals surface area contributed by atoms with E-state index < -0.39 is 0 Å². The average Bonchev–Trinajstić information content (AvgIpc) is 3.37. The normalized spacial score (nSPS) is 23.9. The molecule has 2 aliphatic carbocycles. The van der Waals surface area contributed by atoms with Crippen LogP contribution in [0.2, 0.25) is 0 Å². The fraction of sp³-hybridized carbons (Fsp3) is 0.583. The molecule has 152 valence electrons. The maximum atomic E-state index is 3.36. The topological polar surface area (TPSA) is 13.0 Å². The van der Waals surface area contributed by atoms with Crippen LogP contribution in [0.15, 0.2) is 59.1 Å². The maximum Gasteiger partial charge on any atom is 0.0307 e. The zero-order chi connectivity index (χ0) is 19.6. The van der Waals surface area contributed by atoms with Gasteiger partial charge in [0.25, 0.3) is 0 Å². The first kappa shape index (κ1) is 21.1. The van der Waals surface area contributed by atoms with Crippen LogP contribution in [0.1, 0.15) is 12.8 Å². The van der Waals surface area contributed by atoms with Gasteiger partial charge in [-0.2, -0.15) is 0 Å². The molecule has 3 rings (SSSR count). The summed E-state index contributed by atoms with van der Waals surface area (Å²) < 4.78 is 0. The van der Waals surface area contributed by atoms with Gasteiger partial charge in [0.05, 0.1) is 0 Å². The van der Waals surface area contributed by atoms with Gasteiger partial charge in [-0.3, -0.25) is 9.80 Å². The van der Waals surface area contributed by atoms with Gasteiger partial charge in [-0.1, -0.05) is 12.2 Å². The van der Waals surface area contributed by atoms with E-state index in [1.165, 1.54) is 24.0 Å². The van der Waals surface area contributed by atoms with Gasteiger partial charge < -0.3 is 9.80 Å². The van der Waals surface area contributed by atoms with Crippen LogP contribution in [0.25, 0.3) is 0 Å². The third kappa shape index (κ3) is 7.41. The van der Waals surface area contributed by atoms with Crippen LogP contribution in [0.3, 0.4) is 0 Å². The molecule has 3 aliphatic rings. The standard InChI is InChI=1S/C24H36N4/c1-25-13-7-15-28(22-24-11-5-6-12-24)20-18-26(2)14-8-16-27(19-17-25)21-23-9-3-4-10-23/h3-6,9,11H,7-8,13-22H2,1-2H3. The quantitative estimate of drug-likeness (QED) is 0.695. The van der Waals surface area contributed by atoms with Crippen molar-refractivity contribution in [2.24, 2.45) is 0 Å². The van der Waals surface area contributed by atoms with Crippen LogP contribution in [-0.4, -0.2) is 99.1 Å². The molecule has 0 aromatic heterocycles. The third-order valence-electron chi connectivity index (χ3n) is 5.74. The Morgan fingerprint density at radius 2 is 1.11 bits per heavy atom. The molecule has 0 unspecified atom stereocenters. The highest BCUT2D eigenvalue weighted by Crippen LogP contribution is 2.09. The van der Waals surface area contributed by atoms with Crippen molar-refractivity contribution in [1.82, 2.24) is 19.6 Å². The molecule has 1 aliphatic heterocycles. The minimum atomic E-state index is 1.02. The van der Waals surface area contributed by atoms with Crippen LogP contribution in [0.4, 0.5) is 0 Å². The summed E-state index contributed by atoms with van der Waals surface area (Å²) in [7, 11) is 4.53. The van der Waals surface area contributed by atoms with Crippen molar-refractivity contribution in [3.8, 4) is 0 Å². The first-order valence-corrected chi connectivity index (χ1v) is 10.8. The maximum absolute atomic E-state index is 3.36. The summed E-state index contributed by atoms with van der Waals surface area (Å²) in [6.45, 7) is 11.2. The van der Waals surface area contributed by atoms with Gasteiger partial charge >= 0.3 is 0 Å². The number of rotatable bonds is 4. The fourth-order valence-corrected chi connectivity index (χ4v) is 3.93. The Kier molecular flexibility index (Phi) is 8.57. The van der Waals surface area contributed by atoms with E-state index in [1.54, 1.807) is 0 Å². The lowest BCUT2D eigenvalue weighted by Crippen LogP contribution is -2.40. The zero-order valence-electron chi connectivity index (χ0n) is 17.7. The monoisotopic (exact) mass is 380 g/mol. The first-order chi connectivity index (χ1) is 13.7. The molecular weight excluding hydrogens is 344 g/mol. The molecule has 1 fully saturated rings. The largest absolute Gasteiger partial charge is 0.305 e. The van der Waals surface area contributed by atoms with Crippen LogP contribution in [-0.2, 0) is 0 Å². The summed E-state index contributed by atoms with van der Waals surface area (Å²) in [5.74, 6) is 0. The Hall–Kier alpha value is -1.64. The van der Waals surface area contributed by atoms with Crippen LogP contribution < -0.4 is 0 Å². The lowest BCUT2D eigenvalue weighted by atomic mass is 10.2. The summed E-state index contributed by atoms with van der Waals surface area (Å²) in [6.07, 6.45) is 15.1. The average molecular weight is 381 g/mol. The van der Waals surface area contributed by atoms with Crippen molar-refractivity contribution < 1.29 is 0 Å². The van der Waals surface area contributed by atoms with E-state index in [0.717, 1.165) is 65.4 Å². The smallest absolute Gasteiger partial charge is 0.0307 e. The lowest BCUT2D eigenvalue weighted by Gasteiger charge is -2.29. The summed E-state index contributed by atoms with van der Waals surface area (Å²) in [4.78, 5) is 10.2. The SMILES string of the molecule is CN1CCCN(CC2=C=CC=C2)CCN(C)CCCN(CC2=C=CC=C2)CC1. The third-order valence-corrected chi connectivity index (χ3v) is 5.74. The number of likely N-dealkylation sites (N-methyl/N-ethyl adjacent to an activating group) is 2. The molecule has 0 atom stereocenters. The second kappa shape index (κ2) is 11.4. The Bertz CT molecular complexity index is 629. The summed E-state index contributed by atoms with van der Waals surface area (Å²) in [5, 5.41) is 0. The van der Waals surface area contributed by atoms with Crippen LogP contribution >= 0.6 is 0 Å².